The fraction of sp³-hybridized carbons (Fsp3) is 0.625. The van der Waals surface area contributed by atoms with Gasteiger partial charge in [-0.1, -0.05) is 38.4 Å². The van der Waals surface area contributed by atoms with E-state index in [4.69, 9.17) is 11.6 Å². The molecule has 0 aromatic heterocycles. The van der Waals surface area contributed by atoms with E-state index in [1.54, 1.807) is 0 Å². The smallest absolute Gasteiger partial charge is 0.0642 e. The van der Waals surface area contributed by atoms with Crippen LogP contribution in [0.3, 0.4) is 0 Å². The van der Waals surface area contributed by atoms with Crippen LogP contribution in [0.25, 0.3) is 0 Å². The first-order valence-electron chi connectivity index (χ1n) is 7.40. The third-order valence-electron chi connectivity index (χ3n) is 3.88. The molecule has 1 saturated heterocycles. The van der Waals surface area contributed by atoms with Gasteiger partial charge in [0.05, 0.1) is 10.7 Å². The molecule has 1 N–H and O–H groups in total. The van der Waals surface area contributed by atoms with Gasteiger partial charge >= 0.3 is 0 Å². The number of hydrogen-bond acceptors (Lipinski definition) is 2. The monoisotopic (exact) mass is 280 g/mol. The Labute approximate surface area is 122 Å². The van der Waals surface area contributed by atoms with E-state index >= 15 is 0 Å². The minimum Gasteiger partial charge on any atom is -0.367 e. The third-order valence-corrected chi connectivity index (χ3v) is 4.19. The summed E-state index contributed by atoms with van der Waals surface area (Å²) in [5.41, 5.74) is 2.47. The van der Waals surface area contributed by atoms with Gasteiger partial charge in [0.1, 0.15) is 0 Å². The largest absolute Gasteiger partial charge is 0.367 e. The van der Waals surface area contributed by atoms with Crippen LogP contribution in [0.4, 0.5) is 5.69 Å². The van der Waals surface area contributed by atoms with Crippen molar-refractivity contribution in [1.82, 2.24) is 5.32 Å². The zero-order valence-electron chi connectivity index (χ0n) is 12.2. The molecule has 0 radical (unpaired) electrons. The normalized spacial score (nSPS) is 19.4. The molecule has 0 saturated carbocycles. The van der Waals surface area contributed by atoms with E-state index in [9.17, 15) is 0 Å². The second kappa shape index (κ2) is 6.62. The minimum absolute atomic E-state index is 0.501. The molecule has 1 aromatic rings. The highest BCUT2D eigenvalue weighted by atomic mass is 35.5. The van der Waals surface area contributed by atoms with Gasteiger partial charge in [0.2, 0.25) is 0 Å². The summed E-state index contributed by atoms with van der Waals surface area (Å²) in [5, 5.41) is 4.32. The van der Waals surface area contributed by atoms with Crippen LogP contribution in [0, 0.1) is 0 Å². The average molecular weight is 281 g/mol. The minimum atomic E-state index is 0.501. The van der Waals surface area contributed by atoms with Crippen LogP contribution in [0.15, 0.2) is 18.2 Å². The SMILES string of the molecule is CCC1CCCN1c1ccc(CNC(C)C)cc1Cl. The lowest BCUT2D eigenvalue weighted by Gasteiger charge is -2.27. The highest BCUT2D eigenvalue weighted by Crippen LogP contribution is 2.33. The van der Waals surface area contributed by atoms with Crippen molar-refractivity contribution in [2.24, 2.45) is 0 Å². The molecule has 1 atom stereocenters. The van der Waals surface area contributed by atoms with Crippen molar-refractivity contribution in [2.75, 3.05) is 11.4 Å². The van der Waals surface area contributed by atoms with Gasteiger partial charge in [0.25, 0.3) is 0 Å². The predicted octanol–water partition coefficient (Wildman–Crippen LogP) is 4.22. The van der Waals surface area contributed by atoms with Crippen molar-refractivity contribution in [3.63, 3.8) is 0 Å². The molecule has 1 aromatic carbocycles. The molecule has 3 heteroatoms. The van der Waals surface area contributed by atoms with Crippen molar-refractivity contribution in [3.05, 3.63) is 28.8 Å². The first kappa shape index (κ1) is 14.7. The molecular formula is C16H25ClN2. The Bertz CT molecular complexity index is 417. The lowest BCUT2D eigenvalue weighted by atomic mass is 10.1. The first-order valence-corrected chi connectivity index (χ1v) is 7.78. The summed E-state index contributed by atoms with van der Waals surface area (Å²) >= 11 is 6.48. The summed E-state index contributed by atoms with van der Waals surface area (Å²) < 4.78 is 0. The van der Waals surface area contributed by atoms with Crippen molar-refractivity contribution >= 4 is 17.3 Å². The summed E-state index contributed by atoms with van der Waals surface area (Å²) in [7, 11) is 0. The molecule has 0 spiro atoms. The molecule has 0 amide bonds. The average Bonchev–Trinajstić information content (AvgIpc) is 2.84. The molecule has 2 rings (SSSR count). The first-order chi connectivity index (χ1) is 9.11. The van der Waals surface area contributed by atoms with Crippen molar-refractivity contribution in [3.8, 4) is 0 Å². The van der Waals surface area contributed by atoms with E-state index in [1.165, 1.54) is 30.5 Å². The van der Waals surface area contributed by atoms with Crippen LogP contribution in [0.1, 0.15) is 45.6 Å². The van der Waals surface area contributed by atoms with Crippen molar-refractivity contribution in [2.45, 2.75) is 58.7 Å². The van der Waals surface area contributed by atoms with E-state index in [2.05, 4.69) is 49.2 Å². The Balaban J connectivity index is 2.10. The second-order valence-electron chi connectivity index (χ2n) is 5.72. The maximum atomic E-state index is 6.48. The lowest BCUT2D eigenvalue weighted by Crippen LogP contribution is -2.28. The van der Waals surface area contributed by atoms with Gasteiger partial charge in [-0.3, -0.25) is 0 Å². The number of benzene rings is 1. The number of hydrogen-bond donors (Lipinski definition) is 1. The quantitative estimate of drug-likeness (QED) is 0.869. The van der Waals surface area contributed by atoms with Gasteiger partial charge in [-0.2, -0.15) is 0 Å². The summed E-state index contributed by atoms with van der Waals surface area (Å²) in [6, 6.07) is 7.66. The van der Waals surface area contributed by atoms with Crippen LogP contribution < -0.4 is 10.2 Å². The van der Waals surface area contributed by atoms with E-state index < -0.39 is 0 Å². The number of halogens is 1. The maximum absolute atomic E-state index is 6.48. The summed E-state index contributed by atoms with van der Waals surface area (Å²) in [4.78, 5) is 2.47. The summed E-state index contributed by atoms with van der Waals surface area (Å²) in [6.07, 6.45) is 3.78. The van der Waals surface area contributed by atoms with Crippen molar-refractivity contribution < 1.29 is 0 Å². The molecule has 2 nitrogen and oxygen atoms in total. The molecule has 1 aliphatic rings. The Morgan fingerprint density at radius 3 is 2.84 bits per heavy atom. The van der Waals surface area contributed by atoms with Crippen molar-refractivity contribution in [1.29, 1.82) is 0 Å². The highest BCUT2D eigenvalue weighted by Gasteiger charge is 2.24. The second-order valence-corrected chi connectivity index (χ2v) is 6.13. The molecule has 0 bridgehead atoms. The van der Waals surface area contributed by atoms with Gasteiger partial charge in [-0.15, -0.1) is 0 Å². The topological polar surface area (TPSA) is 15.3 Å². The Hall–Kier alpha value is -0.730. The third kappa shape index (κ3) is 3.64. The van der Waals surface area contributed by atoms with Crippen LogP contribution in [-0.2, 0) is 6.54 Å². The number of anilines is 1. The number of nitrogens with one attached hydrogen (secondary N) is 1. The fourth-order valence-electron chi connectivity index (χ4n) is 2.79. The van der Waals surface area contributed by atoms with Crippen LogP contribution in [0.2, 0.25) is 5.02 Å². The fourth-order valence-corrected chi connectivity index (χ4v) is 3.10. The van der Waals surface area contributed by atoms with E-state index in [1.807, 2.05) is 0 Å². The zero-order valence-corrected chi connectivity index (χ0v) is 13.0. The van der Waals surface area contributed by atoms with Gasteiger partial charge in [0, 0.05) is 25.2 Å². The molecule has 1 unspecified atom stereocenters. The Morgan fingerprint density at radius 1 is 1.42 bits per heavy atom. The Morgan fingerprint density at radius 2 is 2.21 bits per heavy atom. The van der Waals surface area contributed by atoms with Gasteiger partial charge < -0.3 is 10.2 Å². The zero-order chi connectivity index (χ0) is 13.8. The van der Waals surface area contributed by atoms with E-state index in [0.717, 1.165) is 18.1 Å². The Kier molecular flexibility index (Phi) is 5.12. The van der Waals surface area contributed by atoms with Crippen LogP contribution >= 0.6 is 11.6 Å². The molecule has 0 aliphatic carbocycles. The summed E-state index contributed by atoms with van der Waals surface area (Å²) in [5.74, 6) is 0. The molecule has 1 heterocycles. The number of rotatable bonds is 5. The molecular weight excluding hydrogens is 256 g/mol. The van der Waals surface area contributed by atoms with Crippen LogP contribution in [0.5, 0.6) is 0 Å². The predicted molar refractivity (Wildman–Crippen MR) is 84.1 cm³/mol. The standard InChI is InChI=1S/C16H25ClN2/c1-4-14-6-5-9-19(14)16-8-7-13(10-15(16)17)11-18-12(2)3/h7-8,10,12,14,18H,4-6,9,11H2,1-3H3. The molecule has 19 heavy (non-hydrogen) atoms. The number of nitrogens with zero attached hydrogens (tertiary/aromatic N) is 1. The van der Waals surface area contributed by atoms with E-state index in [0.29, 0.717) is 12.1 Å². The van der Waals surface area contributed by atoms with Crippen LogP contribution in [-0.4, -0.2) is 18.6 Å². The molecule has 1 fully saturated rings. The maximum Gasteiger partial charge on any atom is 0.0642 e. The lowest BCUT2D eigenvalue weighted by molar-refractivity contribution is 0.589. The van der Waals surface area contributed by atoms with Gasteiger partial charge in [0.15, 0.2) is 0 Å². The van der Waals surface area contributed by atoms with E-state index in [-0.39, 0.29) is 0 Å². The summed E-state index contributed by atoms with van der Waals surface area (Å²) in [6.45, 7) is 8.60. The highest BCUT2D eigenvalue weighted by molar-refractivity contribution is 6.33. The molecule has 1 aliphatic heterocycles. The molecule has 106 valence electrons. The van der Waals surface area contributed by atoms with Gasteiger partial charge in [-0.25, -0.2) is 0 Å². The van der Waals surface area contributed by atoms with Gasteiger partial charge in [-0.05, 0) is 37.0 Å².